The van der Waals surface area contributed by atoms with Crippen molar-refractivity contribution in [2.75, 3.05) is 26.3 Å². The number of pyridine rings is 1. The van der Waals surface area contributed by atoms with E-state index in [2.05, 4.69) is 58.3 Å². The van der Waals surface area contributed by atoms with E-state index >= 15 is 0 Å². The molecular formula is C15H18N3O+. The van der Waals surface area contributed by atoms with E-state index < -0.39 is 0 Å². The number of rotatable bonds is 2. The molecule has 0 N–H and O–H groups in total. The van der Waals surface area contributed by atoms with Crippen LogP contribution in [0.4, 0.5) is 0 Å². The van der Waals surface area contributed by atoms with Gasteiger partial charge >= 0.3 is 0 Å². The maximum Gasteiger partial charge on any atom is 0.212 e. The van der Waals surface area contributed by atoms with Gasteiger partial charge in [0.05, 0.1) is 37.9 Å². The molecule has 0 aliphatic carbocycles. The summed E-state index contributed by atoms with van der Waals surface area (Å²) in [6.45, 7) is 3.27. The summed E-state index contributed by atoms with van der Waals surface area (Å²) in [5, 5.41) is 7.84. The summed E-state index contributed by atoms with van der Waals surface area (Å²) in [5.41, 5.74) is 2.37. The fourth-order valence-corrected chi connectivity index (χ4v) is 2.31. The van der Waals surface area contributed by atoms with E-state index in [1.54, 1.807) is 0 Å². The fraction of sp³-hybridized carbons (Fsp3) is 0.333. The first-order chi connectivity index (χ1) is 9.34. The molecule has 4 heteroatoms. The van der Waals surface area contributed by atoms with Crippen LogP contribution in [0.25, 0.3) is 10.9 Å². The lowest BCUT2D eigenvalue weighted by Crippen LogP contribution is -2.32. The van der Waals surface area contributed by atoms with E-state index in [1.165, 1.54) is 10.9 Å². The predicted octanol–water partition coefficient (Wildman–Crippen LogP) is 1.33. The van der Waals surface area contributed by atoms with E-state index in [4.69, 9.17) is 4.74 Å². The van der Waals surface area contributed by atoms with E-state index in [0.717, 1.165) is 31.9 Å². The molecule has 1 aliphatic rings. The lowest BCUT2D eigenvalue weighted by atomic mass is 10.1. The highest BCUT2D eigenvalue weighted by atomic mass is 16.5. The zero-order valence-corrected chi connectivity index (χ0v) is 11.1. The van der Waals surface area contributed by atoms with Crippen LogP contribution in [0.5, 0.6) is 0 Å². The van der Waals surface area contributed by atoms with Gasteiger partial charge in [0.1, 0.15) is 7.05 Å². The molecule has 0 bridgehead atoms. The molecule has 2 aromatic rings. The Hall–Kier alpha value is -1.94. The lowest BCUT2D eigenvalue weighted by molar-refractivity contribution is -0.644. The van der Waals surface area contributed by atoms with Crippen molar-refractivity contribution in [1.29, 1.82) is 0 Å². The zero-order chi connectivity index (χ0) is 13.1. The molecule has 0 unspecified atom stereocenters. The molecule has 1 aromatic heterocycles. The maximum absolute atomic E-state index is 5.32. The Balaban J connectivity index is 1.92. The second-order valence-corrected chi connectivity index (χ2v) is 4.71. The molecule has 0 radical (unpaired) electrons. The minimum Gasteiger partial charge on any atom is -0.378 e. The molecule has 4 nitrogen and oxygen atoms in total. The van der Waals surface area contributed by atoms with E-state index in [-0.39, 0.29) is 0 Å². The highest BCUT2D eigenvalue weighted by Gasteiger charge is 2.09. The van der Waals surface area contributed by atoms with Crippen LogP contribution in [0.2, 0.25) is 0 Å². The number of benzene rings is 1. The van der Waals surface area contributed by atoms with Crippen molar-refractivity contribution in [3.8, 4) is 0 Å². The van der Waals surface area contributed by atoms with Gasteiger partial charge in [-0.05, 0) is 6.07 Å². The number of para-hydroxylation sites is 1. The summed E-state index contributed by atoms with van der Waals surface area (Å²) >= 11 is 0. The quantitative estimate of drug-likeness (QED) is 0.599. The number of morpholine rings is 1. The molecule has 0 spiro atoms. The van der Waals surface area contributed by atoms with Crippen LogP contribution >= 0.6 is 0 Å². The summed E-state index contributed by atoms with van der Waals surface area (Å²) in [5.74, 6) is 0. The van der Waals surface area contributed by atoms with Gasteiger partial charge in [-0.3, -0.25) is 5.01 Å². The van der Waals surface area contributed by atoms with Crippen molar-refractivity contribution in [1.82, 2.24) is 5.01 Å². The number of hydrazone groups is 1. The van der Waals surface area contributed by atoms with Crippen molar-refractivity contribution in [3.05, 3.63) is 42.1 Å². The van der Waals surface area contributed by atoms with Crippen LogP contribution in [0.3, 0.4) is 0 Å². The van der Waals surface area contributed by atoms with Gasteiger partial charge < -0.3 is 4.74 Å². The van der Waals surface area contributed by atoms with Gasteiger partial charge in [-0.15, -0.1) is 0 Å². The third-order valence-electron chi connectivity index (χ3n) is 3.42. The first-order valence-corrected chi connectivity index (χ1v) is 6.59. The number of aromatic nitrogens is 1. The Bertz CT molecular complexity index is 603. The first kappa shape index (κ1) is 12.1. The van der Waals surface area contributed by atoms with Crippen LogP contribution < -0.4 is 4.57 Å². The van der Waals surface area contributed by atoms with Gasteiger partial charge in [-0.25, -0.2) is 4.57 Å². The van der Waals surface area contributed by atoms with Crippen LogP contribution in [-0.4, -0.2) is 37.5 Å². The van der Waals surface area contributed by atoms with Crippen LogP contribution in [0.1, 0.15) is 5.56 Å². The monoisotopic (exact) mass is 256 g/mol. The largest absolute Gasteiger partial charge is 0.378 e. The van der Waals surface area contributed by atoms with Gasteiger partial charge in [0.2, 0.25) is 5.52 Å². The van der Waals surface area contributed by atoms with Crippen molar-refractivity contribution >= 4 is 17.1 Å². The number of hydrogen-bond donors (Lipinski definition) is 0. The topological polar surface area (TPSA) is 28.7 Å². The van der Waals surface area contributed by atoms with Gasteiger partial charge in [-0.2, -0.15) is 5.10 Å². The second kappa shape index (κ2) is 5.36. The molecule has 1 saturated heterocycles. The van der Waals surface area contributed by atoms with Gasteiger partial charge in [0.25, 0.3) is 0 Å². The Labute approximate surface area is 112 Å². The van der Waals surface area contributed by atoms with E-state index in [1.807, 2.05) is 6.21 Å². The molecular weight excluding hydrogens is 238 g/mol. The molecule has 0 atom stereocenters. The number of aryl methyl sites for hydroxylation is 1. The third kappa shape index (κ3) is 2.58. The molecule has 19 heavy (non-hydrogen) atoms. The van der Waals surface area contributed by atoms with Gasteiger partial charge in [-0.1, -0.05) is 12.1 Å². The summed E-state index contributed by atoms with van der Waals surface area (Å²) in [6.07, 6.45) is 4.02. The Morgan fingerprint density at radius 3 is 2.84 bits per heavy atom. The number of hydrogen-bond acceptors (Lipinski definition) is 3. The molecule has 3 rings (SSSR count). The smallest absolute Gasteiger partial charge is 0.212 e. The minimum atomic E-state index is 0.766. The van der Waals surface area contributed by atoms with Gasteiger partial charge in [0.15, 0.2) is 6.20 Å². The summed E-state index contributed by atoms with van der Waals surface area (Å²) < 4.78 is 7.45. The highest BCUT2D eigenvalue weighted by Crippen LogP contribution is 2.13. The lowest BCUT2D eigenvalue weighted by Gasteiger charge is -2.23. The summed E-state index contributed by atoms with van der Waals surface area (Å²) in [4.78, 5) is 0. The van der Waals surface area contributed by atoms with Crippen molar-refractivity contribution in [3.63, 3.8) is 0 Å². The van der Waals surface area contributed by atoms with Crippen molar-refractivity contribution < 1.29 is 9.30 Å². The third-order valence-corrected chi connectivity index (χ3v) is 3.42. The normalized spacial score (nSPS) is 16.4. The molecule has 98 valence electrons. The molecule has 0 amide bonds. The zero-order valence-electron chi connectivity index (χ0n) is 11.1. The highest BCUT2D eigenvalue weighted by molar-refractivity contribution is 5.96. The predicted molar refractivity (Wildman–Crippen MR) is 75.1 cm³/mol. The Morgan fingerprint density at radius 1 is 1.21 bits per heavy atom. The molecule has 1 aliphatic heterocycles. The average Bonchev–Trinajstić information content (AvgIpc) is 2.48. The molecule has 1 aromatic carbocycles. The number of nitrogens with zero attached hydrogens (tertiary/aromatic N) is 3. The standard InChI is InChI=1S/C15H18N3O/c1-17-7-6-13(14-4-2-3-5-15(14)17)12-16-18-8-10-19-11-9-18/h2-7,12H,8-11H2,1H3/q+1. The first-order valence-electron chi connectivity index (χ1n) is 6.59. The SMILES string of the molecule is C[n+]1ccc(/C=N/N2CCOCC2)c2ccccc21. The average molecular weight is 256 g/mol. The van der Waals surface area contributed by atoms with Crippen LogP contribution in [-0.2, 0) is 11.8 Å². The molecule has 1 fully saturated rings. The van der Waals surface area contributed by atoms with E-state index in [0.29, 0.717) is 0 Å². The van der Waals surface area contributed by atoms with Crippen molar-refractivity contribution in [2.45, 2.75) is 0 Å². The number of fused-ring (bicyclic) bond motifs is 1. The van der Waals surface area contributed by atoms with Crippen molar-refractivity contribution in [2.24, 2.45) is 12.1 Å². The number of ether oxygens (including phenoxy) is 1. The van der Waals surface area contributed by atoms with Gasteiger partial charge in [0, 0.05) is 17.7 Å². The Morgan fingerprint density at radius 2 is 2.00 bits per heavy atom. The molecule has 2 heterocycles. The Kier molecular flexibility index (Phi) is 3.42. The van der Waals surface area contributed by atoms with Crippen LogP contribution in [0, 0.1) is 0 Å². The van der Waals surface area contributed by atoms with Crippen LogP contribution in [0.15, 0.2) is 41.6 Å². The minimum absolute atomic E-state index is 0.766. The molecule has 0 saturated carbocycles. The second-order valence-electron chi connectivity index (χ2n) is 4.71. The summed E-state index contributed by atoms with van der Waals surface area (Å²) in [7, 11) is 2.06. The maximum atomic E-state index is 5.32. The fourth-order valence-electron chi connectivity index (χ4n) is 2.31. The van der Waals surface area contributed by atoms with E-state index in [9.17, 15) is 0 Å². The summed E-state index contributed by atoms with van der Waals surface area (Å²) in [6, 6.07) is 10.5.